The Morgan fingerprint density at radius 1 is 1.29 bits per heavy atom. The van der Waals surface area contributed by atoms with E-state index in [-0.39, 0.29) is 10.6 Å². The number of anilines is 1. The molecule has 0 saturated heterocycles. The number of sulfone groups is 1. The number of hydrogen-bond acceptors (Lipinski definition) is 4. The molecule has 0 atom stereocenters. The molecular formula is C11H10BrNO2S2. The Labute approximate surface area is 112 Å². The molecule has 90 valence electrons. The summed E-state index contributed by atoms with van der Waals surface area (Å²) >= 11 is 4.67. The summed E-state index contributed by atoms with van der Waals surface area (Å²) < 4.78 is 24.8. The van der Waals surface area contributed by atoms with E-state index in [0.29, 0.717) is 10.2 Å². The number of rotatable bonds is 3. The molecule has 0 saturated carbocycles. The van der Waals surface area contributed by atoms with E-state index in [1.54, 1.807) is 12.1 Å². The first kappa shape index (κ1) is 12.6. The lowest BCUT2D eigenvalue weighted by molar-refractivity contribution is 0.595. The second-order valence-electron chi connectivity index (χ2n) is 3.53. The van der Waals surface area contributed by atoms with Crippen LogP contribution in [0.5, 0.6) is 0 Å². The van der Waals surface area contributed by atoms with E-state index >= 15 is 0 Å². The van der Waals surface area contributed by atoms with Crippen LogP contribution >= 0.6 is 27.3 Å². The van der Waals surface area contributed by atoms with Gasteiger partial charge in [0.25, 0.3) is 0 Å². The van der Waals surface area contributed by atoms with E-state index in [2.05, 4.69) is 15.9 Å². The average molecular weight is 332 g/mol. The lowest BCUT2D eigenvalue weighted by Gasteiger charge is -2.06. The second kappa shape index (κ2) is 4.80. The van der Waals surface area contributed by atoms with Crippen molar-refractivity contribution in [3.05, 3.63) is 45.1 Å². The van der Waals surface area contributed by atoms with Crippen LogP contribution in [0.3, 0.4) is 0 Å². The maximum atomic E-state index is 12.2. The van der Waals surface area contributed by atoms with Gasteiger partial charge in [0.15, 0.2) is 9.84 Å². The Balaban J connectivity index is 2.38. The van der Waals surface area contributed by atoms with Gasteiger partial charge in [0.2, 0.25) is 0 Å². The van der Waals surface area contributed by atoms with Gasteiger partial charge < -0.3 is 5.73 Å². The molecule has 2 aromatic rings. The van der Waals surface area contributed by atoms with Crippen LogP contribution < -0.4 is 5.73 Å². The summed E-state index contributed by atoms with van der Waals surface area (Å²) in [7, 11) is -3.32. The summed E-state index contributed by atoms with van der Waals surface area (Å²) in [6.07, 6.45) is 0. The predicted octanol–water partition coefficient (Wildman–Crippen LogP) is 3.07. The van der Waals surface area contributed by atoms with Gasteiger partial charge in [0.1, 0.15) is 0 Å². The second-order valence-corrected chi connectivity index (χ2v) is 7.37. The Hall–Kier alpha value is -0.850. The minimum atomic E-state index is -3.32. The highest BCUT2D eigenvalue weighted by Crippen LogP contribution is 2.27. The van der Waals surface area contributed by atoms with E-state index in [9.17, 15) is 8.42 Å². The van der Waals surface area contributed by atoms with Crippen molar-refractivity contribution >= 4 is 42.8 Å². The van der Waals surface area contributed by atoms with E-state index in [0.717, 1.165) is 4.88 Å². The average Bonchev–Trinajstić information content (AvgIpc) is 2.68. The lowest BCUT2D eigenvalue weighted by Crippen LogP contribution is -2.05. The Kier molecular flexibility index (Phi) is 3.56. The first-order chi connectivity index (χ1) is 7.99. The molecule has 3 nitrogen and oxygen atoms in total. The zero-order valence-electron chi connectivity index (χ0n) is 8.76. The first-order valence-corrected chi connectivity index (χ1v) is 8.12. The number of hydrogen-bond donors (Lipinski definition) is 1. The van der Waals surface area contributed by atoms with Gasteiger partial charge in [-0.3, -0.25) is 0 Å². The molecule has 0 aliphatic rings. The molecule has 0 spiro atoms. The molecule has 17 heavy (non-hydrogen) atoms. The van der Waals surface area contributed by atoms with Gasteiger partial charge in [0, 0.05) is 15.0 Å². The van der Waals surface area contributed by atoms with Crippen molar-refractivity contribution in [3.63, 3.8) is 0 Å². The molecule has 1 aromatic heterocycles. The third-order valence-corrected chi connectivity index (χ3v) is 5.90. The molecule has 2 rings (SSSR count). The zero-order chi connectivity index (χ0) is 12.5. The van der Waals surface area contributed by atoms with Gasteiger partial charge in [-0.2, -0.15) is 0 Å². The van der Waals surface area contributed by atoms with Gasteiger partial charge in [-0.1, -0.05) is 6.07 Å². The highest BCUT2D eigenvalue weighted by molar-refractivity contribution is 9.10. The molecule has 1 heterocycles. The third kappa shape index (κ3) is 2.88. The quantitative estimate of drug-likeness (QED) is 0.879. The predicted molar refractivity (Wildman–Crippen MR) is 73.8 cm³/mol. The molecule has 0 aliphatic heterocycles. The van der Waals surface area contributed by atoms with Crippen LogP contribution in [0, 0.1) is 0 Å². The first-order valence-electron chi connectivity index (χ1n) is 4.79. The fourth-order valence-corrected chi connectivity index (χ4v) is 5.05. The van der Waals surface area contributed by atoms with Crippen molar-refractivity contribution in [1.82, 2.24) is 0 Å². The van der Waals surface area contributed by atoms with Gasteiger partial charge in [-0.25, -0.2) is 8.42 Å². The molecule has 2 N–H and O–H groups in total. The fraction of sp³-hybridized carbons (Fsp3) is 0.0909. The normalized spacial score (nSPS) is 11.6. The zero-order valence-corrected chi connectivity index (χ0v) is 12.0. The molecule has 0 unspecified atom stereocenters. The number of thiophene rings is 1. The Morgan fingerprint density at radius 3 is 2.65 bits per heavy atom. The monoisotopic (exact) mass is 331 g/mol. The van der Waals surface area contributed by atoms with Crippen molar-refractivity contribution in [2.24, 2.45) is 0 Å². The van der Waals surface area contributed by atoms with Gasteiger partial charge in [-0.05, 0) is 45.6 Å². The summed E-state index contributed by atoms with van der Waals surface area (Å²) in [5, 5.41) is 1.86. The topological polar surface area (TPSA) is 60.2 Å². The minimum absolute atomic E-state index is 0.0210. The number of halogens is 1. The summed E-state index contributed by atoms with van der Waals surface area (Å²) in [5.41, 5.74) is 6.12. The summed E-state index contributed by atoms with van der Waals surface area (Å²) in [6, 6.07) is 8.37. The van der Waals surface area contributed by atoms with Gasteiger partial charge >= 0.3 is 0 Å². The summed E-state index contributed by atoms with van der Waals surface area (Å²) in [5.74, 6) is 0.0210. The third-order valence-electron chi connectivity index (χ3n) is 2.20. The molecule has 0 fully saturated rings. The number of nitrogen functional groups attached to an aromatic ring is 1. The molecule has 0 radical (unpaired) electrons. The standard InChI is InChI=1S/C11H10BrNO2S2/c12-10-6-8(13)3-4-11(10)17(14,15)7-9-2-1-5-16-9/h1-6H,7,13H2. The molecular weight excluding hydrogens is 322 g/mol. The van der Waals surface area contributed by atoms with Gasteiger partial charge in [0.05, 0.1) is 10.6 Å². The summed E-state index contributed by atoms with van der Waals surface area (Å²) in [6.45, 7) is 0. The van der Waals surface area contributed by atoms with Crippen LogP contribution in [-0.2, 0) is 15.6 Å². The van der Waals surface area contributed by atoms with Gasteiger partial charge in [-0.15, -0.1) is 11.3 Å². The van der Waals surface area contributed by atoms with Crippen LogP contribution in [0.15, 0.2) is 45.1 Å². The van der Waals surface area contributed by atoms with Crippen LogP contribution in [0.2, 0.25) is 0 Å². The minimum Gasteiger partial charge on any atom is -0.399 e. The van der Waals surface area contributed by atoms with E-state index in [1.165, 1.54) is 17.4 Å². The van der Waals surface area contributed by atoms with Crippen LogP contribution in [0.1, 0.15) is 4.88 Å². The molecule has 1 aromatic carbocycles. The van der Waals surface area contributed by atoms with Crippen molar-refractivity contribution in [1.29, 1.82) is 0 Å². The van der Waals surface area contributed by atoms with Crippen LogP contribution in [0.4, 0.5) is 5.69 Å². The van der Waals surface area contributed by atoms with Crippen molar-refractivity contribution in [2.45, 2.75) is 10.6 Å². The van der Waals surface area contributed by atoms with E-state index < -0.39 is 9.84 Å². The van der Waals surface area contributed by atoms with E-state index in [1.807, 2.05) is 17.5 Å². The highest BCUT2D eigenvalue weighted by atomic mass is 79.9. The number of nitrogens with two attached hydrogens (primary N) is 1. The molecule has 0 amide bonds. The highest BCUT2D eigenvalue weighted by Gasteiger charge is 2.18. The fourth-order valence-electron chi connectivity index (χ4n) is 1.43. The molecule has 0 aliphatic carbocycles. The smallest absolute Gasteiger partial charge is 0.184 e. The maximum absolute atomic E-state index is 12.2. The summed E-state index contributed by atoms with van der Waals surface area (Å²) in [4.78, 5) is 1.11. The maximum Gasteiger partial charge on any atom is 0.184 e. The van der Waals surface area contributed by atoms with Crippen molar-refractivity contribution in [3.8, 4) is 0 Å². The lowest BCUT2D eigenvalue weighted by atomic mass is 10.3. The van der Waals surface area contributed by atoms with E-state index in [4.69, 9.17) is 5.73 Å². The van der Waals surface area contributed by atoms with Crippen molar-refractivity contribution in [2.75, 3.05) is 5.73 Å². The largest absolute Gasteiger partial charge is 0.399 e. The molecule has 6 heteroatoms. The Bertz CT molecular complexity index is 621. The molecule has 0 bridgehead atoms. The Morgan fingerprint density at radius 2 is 2.06 bits per heavy atom. The number of benzene rings is 1. The SMILES string of the molecule is Nc1ccc(S(=O)(=O)Cc2cccs2)c(Br)c1. The van der Waals surface area contributed by atoms with Crippen LogP contribution in [-0.4, -0.2) is 8.42 Å². The van der Waals surface area contributed by atoms with Crippen LogP contribution in [0.25, 0.3) is 0 Å². The van der Waals surface area contributed by atoms with Crippen molar-refractivity contribution < 1.29 is 8.42 Å².